The van der Waals surface area contributed by atoms with Gasteiger partial charge in [-0.15, -0.1) is 35.3 Å². The number of ether oxygens (including phenoxy) is 1. The van der Waals surface area contributed by atoms with Crippen LogP contribution in [0.15, 0.2) is 22.5 Å². The summed E-state index contributed by atoms with van der Waals surface area (Å²) in [5, 5.41) is 5.39. The first kappa shape index (κ1) is 23.6. The standard InChI is InChI=1S/C16H28N4O3S2.HI/c1-14(2)23-10-12-25(21,22)20-8-6-19(7-9-20)16(17-3)18-13-15-5-4-11-24-15;/h4-5,11,14H,6-10,12-13H2,1-3H3,(H,17,18);1H. The smallest absolute Gasteiger partial charge is 0.216 e. The molecule has 0 radical (unpaired) electrons. The number of rotatable bonds is 7. The molecule has 0 spiro atoms. The number of halogens is 1. The molecular weight excluding hydrogens is 487 g/mol. The van der Waals surface area contributed by atoms with Crippen molar-refractivity contribution in [2.24, 2.45) is 4.99 Å². The predicted molar refractivity (Wildman–Crippen MR) is 118 cm³/mol. The highest BCUT2D eigenvalue weighted by Crippen LogP contribution is 2.11. The van der Waals surface area contributed by atoms with Gasteiger partial charge in [-0.05, 0) is 25.3 Å². The van der Waals surface area contributed by atoms with Gasteiger partial charge in [-0.25, -0.2) is 8.42 Å². The first-order valence-electron chi connectivity index (χ1n) is 8.50. The lowest BCUT2D eigenvalue weighted by atomic mass is 10.4. The molecule has 1 N–H and O–H groups in total. The first-order chi connectivity index (χ1) is 11.9. The van der Waals surface area contributed by atoms with Crippen molar-refractivity contribution in [1.82, 2.24) is 14.5 Å². The van der Waals surface area contributed by atoms with Crippen molar-refractivity contribution in [3.8, 4) is 0 Å². The summed E-state index contributed by atoms with van der Waals surface area (Å²) in [6.45, 7) is 7.00. The second kappa shape index (κ2) is 11.4. The van der Waals surface area contributed by atoms with Crippen LogP contribution in [0, 0.1) is 0 Å². The molecule has 0 aliphatic carbocycles. The molecule has 1 aliphatic heterocycles. The molecule has 1 aromatic rings. The second-order valence-electron chi connectivity index (χ2n) is 6.10. The number of hydrogen-bond acceptors (Lipinski definition) is 5. The summed E-state index contributed by atoms with van der Waals surface area (Å²) in [5.41, 5.74) is 0. The molecule has 10 heteroatoms. The van der Waals surface area contributed by atoms with E-state index in [0.717, 1.165) is 12.5 Å². The number of nitrogens with zero attached hydrogens (tertiary/aromatic N) is 3. The van der Waals surface area contributed by atoms with Gasteiger partial charge in [0.1, 0.15) is 0 Å². The third-order valence-corrected chi connectivity index (χ3v) is 6.65. The van der Waals surface area contributed by atoms with E-state index in [1.165, 1.54) is 4.88 Å². The molecule has 7 nitrogen and oxygen atoms in total. The van der Waals surface area contributed by atoms with Gasteiger partial charge in [-0.3, -0.25) is 4.99 Å². The van der Waals surface area contributed by atoms with Crippen molar-refractivity contribution in [2.45, 2.75) is 26.5 Å². The first-order valence-corrected chi connectivity index (χ1v) is 11.0. The molecule has 1 aromatic heterocycles. The fourth-order valence-electron chi connectivity index (χ4n) is 2.61. The van der Waals surface area contributed by atoms with Crippen LogP contribution in [0.4, 0.5) is 0 Å². The minimum Gasteiger partial charge on any atom is -0.378 e. The quantitative estimate of drug-likeness (QED) is 0.340. The Kier molecular flexibility index (Phi) is 10.4. The van der Waals surface area contributed by atoms with Crippen LogP contribution in [0.5, 0.6) is 0 Å². The van der Waals surface area contributed by atoms with E-state index in [1.54, 1.807) is 22.7 Å². The van der Waals surface area contributed by atoms with Crippen LogP contribution in [-0.4, -0.2) is 75.3 Å². The molecule has 1 saturated heterocycles. The Hall–Kier alpha value is -0.430. The zero-order valence-electron chi connectivity index (χ0n) is 15.6. The topological polar surface area (TPSA) is 74.2 Å². The number of sulfonamides is 1. The Morgan fingerprint density at radius 1 is 1.35 bits per heavy atom. The van der Waals surface area contributed by atoms with E-state index in [4.69, 9.17) is 4.74 Å². The highest BCUT2D eigenvalue weighted by atomic mass is 127. The predicted octanol–water partition coefficient (Wildman–Crippen LogP) is 1.81. The van der Waals surface area contributed by atoms with E-state index in [1.807, 2.05) is 25.3 Å². The molecule has 0 amide bonds. The number of piperazine rings is 1. The fraction of sp³-hybridized carbons (Fsp3) is 0.688. The summed E-state index contributed by atoms with van der Waals surface area (Å²) in [6.07, 6.45) is 0.0461. The highest BCUT2D eigenvalue weighted by molar-refractivity contribution is 14.0. The lowest BCUT2D eigenvalue weighted by molar-refractivity contribution is 0.0904. The maximum Gasteiger partial charge on any atom is 0.216 e. The maximum absolute atomic E-state index is 12.4. The maximum atomic E-state index is 12.4. The molecule has 2 rings (SSSR count). The number of hydrogen-bond donors (Lipinski definition) is 1. The number of aliphatic imine (C=N–C) groups is 1. The summed E-state index contributed by atoms with van der Waals surface area (Å²) in [7, 11) is -1.51. The van der Waals surface area contributed by atoms with Crippen LogP contribution in [0.2, 0.25) is 0 Å². The second-order valence-corrected chi connectivity index (χ2v) is 9.22. The summed E-state index contributed by atoms with van der Waals surface area (Å²) >= 11 is 1.70. The highest BCUT2D eigenvalue weighted by Gasteiger charge is 2.27. The van der Waals surface area contributed by atoms with Gasteiger partial charge < -0.3 is 15.0 Å². The van der Waals surface area contributed by atoms with E-state index in [9.17, 15) is 8.42 Å². The third-order valence-electron chi connectivity index (χ3n) is 3.94. The Morgan fingerprint density at radius 3 is 2.58 bits per heavy atom. The molecular formula is C16H29IN4O3S2. The van der Waals surface area contributed by atoms with Crippen molar-refractivity contribution in [3.63, 3.8) is 0 Å². The zero-order chi connectivity index (χ0) is 18.3. The van der Waals surface area contributed by atoms with Crippen LogP contribution in [0.3, 0.4) is 0 Å². The van der Waals surface area contributed by atoms with Gasteiger partial charge in [-0.2, -0.15) is 4.31 Å². The van der Waals surface area contributed by atoms with Crippen molar-refractivity contribution in [3.05, 3.63) is 22.4 Å². The zero-order valence-corrected chi connectivity index (χ0v) is 19.5. The average molecular weight is 516 g/mol. The van der Waals surface area contributed by atoms with Crippen LogP contribution >= 0.6 is 35.3 Å². The van der Waals surface area contributed by atoms with Crippen LogP contribution in [0.25, 0.3) is 0 Å². The molecule has 0 atom stereocenters. The van der Waals surface area contributed by atoms with Crippen LogP contribution in [0.1, 0.15) is 18.7 Å². The Bertz CT molecular complexity index is 642. The Labute approximate surface area is 177 Å². The van der Waals surface area contributed by atoms with Crippen molar-refractivity contribution < 1.29 is 13.2 Å². The lowest BCUT2D eigenvalue weighted by Gasteiger charge is -2.35. The number of thiophene rings is 1. The summed E-state index contributed by atoms with van der Waals surface area (Å²) in [4.78, 5) is 7.66. The SMILES string of the molecule is CN=C(NCc1cccs1)N1CCN(S(=O)(=O)CCOC(C)C)CC1.I. The van der Waals surface area contributed by atoms with Gasteiger partial charge in [0.15, 0.2) is 5.96 Å². The number of guanidine groups is 1. The van der Waals surface area contributed by atoms with Crippen molar-refractivity contribution in [1.29, 1.82) is 0 Å². The summed E-state index contributed by atoms with van der Waals surface area (Å²) < 4.78 is 31.7. The largest absolute Gasteiger partial charge is 0.378 e. The molecule has 0 bridgehead atoms. The molecule has 1 aliphatic rings. The summed E-state index contributed by atoms with van der Waals surface area (Å²) in [5.74, 6) is 0.852. The van der Waals surface area contributed by atoms with Crippen molar-refractivity contribution in [2.75, 3.05) is 45.6 Å². The molecule has 1 fully saturated rings. The Balaban J connectivity index is 0.00000338. The van der Waals surface area contributed by atoms with Gasteiger partial charge in [0, 0.05) is 38.1 Å². The minimum atomic E-state index is -3.26. The molecule has 0 saturated carbocycles. The minimum absolute atomic E-state index is 0. The fourth-order valence-corrected chi connectivity index (χ4v) is 4.54. The number of nitrogens with one attached hydrogen (secondary N) is 1. The van der Waals surface area contributed by atoms with E-state index in [2.05, 4.69) is 21.3 Å². The van der Waals surface area contributed by atoms with Gasteiger partial charge >= 0.3 is 0 Å². The molecule has 0 unspecified atom stereocenters. The van der Waals surface area contributed by atoms with Crippen LogP contribution < -0.4 is 5.32 Å². The molecule has 150 valence electrons. The van der Waals surface area contributed by atoms with Crippen LogP contribution in [-0.2, 0) is 21.3 Å². The lowest BCUT2D eigenvalue weighted by Crippen LogP contribution is -2.54. The third kappa shape index (κ3) is 7.29. The Morgan fingerprint density at radius 2 is 2.04 bits per heavy atom. The van der Waals surface area contributed by atoms with Gasteiger partial charge in [0.2, 0.25) is 10.0 Å². The van der Waals surface area contributed by atoms with E-state index in [0.29, 0.717) is 26.2 Å². The normalized spacial score (nSPS) is 16.6. The van der Waals surface area contributed by atoms with Gasteiger partial charge in [-0.1, -0.05) is 6.07 Å². The average Bonchev–Trinajstić information content (AvgIpc) is 3.09. The van der Waals surface area contributed by atoms with E-state index in [-0.39, 0.29) is 42.4 Å². The monoisotopic (exact) mass is 516 g/mol. The summed E-state index contributed by atoms with van der Waals surface area (Å²) in [6, 6.07) is 4.10. The van der Waals surface area contributed by atoms with E-state index >= 15 is 0 Å². The van der Waals surface area contributed by atoms with Crippen molar-refractivity contribution >= 4 is 51.3 Å². The molecule has 2 heterocycles. The molecule has 26 heavy (non-hydrogen) atoms. The molecule has 0 aromatic carbocycles. The van der Waals surface area contributed by atoms with E-state index < -0.39 is 10.0 Å². The van der Waals surface area contributed by atoms with Gasteiger partial charge in [0.25, 0.3) is 0 Å². The van der Waals surface area contributed by atoms with Gasteiger partial charge in [0.05, 0.1) is 25.0 Å².